The van der Waals surface area contributed by atoms with Crippen LogP contribution in [-0.4, -0.2) is 54.1 Å². The summed E-state index contributed by atoms with van der Waals surface area (Å²) in [4.78, 5) is 25.3. The molecule has 170 valence electrons. The van der Waals surface area contributed by atoms with Crippen molar-refractivity contribution in [1.82, 2.24) is 14.9 Å². The Kier molecular flexibility index (Phi) is 5.72. The monoisotopic (exact) mass is 444 g/mol. The molecule has 2 aliphatic rings. The average molecular weight is 445 g/mol. The van der Waals surface area contributed by atoms with Crippen molar-refractivity contribution in [3.8, 4) is 6.01 Å². The summed E-state index contributed by atoms with van der Waals surface area (Å²) in [7, 11) is 1.59. The topological polar surface area (TPSA) is 67.8 Å². The van der Waals surface area contributed by atoms with Crippen LogP contribution in [0.15, 0.2) is 49.1 Å². The summed E-state index contributed by atoms with van der Waals surface area (Å²) in [6, 6.07) is 13.1. The van der Waals surface area contributed by atoms with Crippen molar-refractivity contribution >= 4 is 22.5 Å². The highest BCUT2D eigenvalue weighted by Crippen LogP contribution is 2.38. The minimum atomic E-state index is -0.0863. The van der Waals surface area contributed by atoms with Crippen molar-refractivity contribution < 1.29 is 14.3 Å². The smallest absolute Gasteiger partial charge is 0.318 e. The van der Waals surface area contributed by atoms with E-state index in [1.165, 1.54) is 28.0 Å². The lowest BCUT2D eigenvalue weighted by Gasteiger charge is -2.37. The van der Waals surface area contributed by atoms with Crippen LogP contribution in [0.4, 0.5) is 5.82 Å². The van der Waals surface area contributed by atoms with E-state index in [0.717, 1.165) is 17.1 Å². The lowest BCUT2D eigenvalue weighted by Crippen LogP contribution is -2.49. The summed E-state index contributed by atoms with van der Waals surface area (Å²) >= 11 is 0. The summed E-state index contributed by atoms with van der Waals surface area (Å²) in [6.45, 7) is 8.82. The molecule has 0 N–H and O–H groups in total. The number of methoxy groups -OCH3 is 1. The molecule has 1 aromatic heterocycles. The van der Waals surface area contributed by atoms with Gasteiger partial charge in [-0.15, -0.1) is 0 Å². The van der Waals surface area contributed by atoms with Crippen LogP contribution in [-0.2, 0) is 22.6 Å². The molecule has 3 heterocycles. The number of piperazine rings is 1. The highest BCUT2D eigenvalue weighted by Gasteiger charge is 2.30. The lowest BCUT2D eigenvalue weighted by molar-refractivity contribution is -0.126. The fourth-order valence-corrected chi connectivity index (χ4v) is 4.88. The van der Waals surface area contributed by atoms with Gasteiger partial charge in [-0.2, -0.15) is 9.97 Å². The summed E-state index contributed by atoms with van der Waals surface area (Å²) in [5, 5.41) is 2.47. The molecular formula is C26H28N4O3. The molecule has 0 radical (unpaired) electrons. The van der Waals surface area contributed by atoms with E-state index in [-0.39, 0.29) is 12.0 Å². The summed E-state index contributed by atoms with van der Waals surface area (Å²) in [6.07, 6.45) is 1.94. The molecule has 3 aromatic rings. The van der Waals surface area contributed by atoms with E-state index in [1.807, 2.05) is 4.90 Å². The molecule has 2 aromatic carbocycles. The Morgan fingerprint density at radius 2 is 1.91 bits per heavy atom. The number of hydrogen-bond acceptors (Lipinski definition) is 6. The largest absolute Gasteiger partial charge is 0.467 e. The Hall–Kier alpha value is -3.45. The Bertz CT molecular complexity index is 1210. The molecule has 1 unspecified atom stereocenters. The van der Waals surface area contributed by atoms with E-state index < -0.39 is 0 Å². The van der Waals surface area contributed by atoms with Crippen molar-refractivity contribution in [3.05, 3.63) is 71.4 Å². The number of carbonyl (C=O) groups is 1. The van der Waals surface area contributed by atoms with E-state index in [1.54, 1.807) is 7.11 Å². The van der Waals surface area contributed by atoms with E-state index in [9.17, 15) is 4.79 Å². The maximum atomic E-state index is 12.0. The zero-order valence-electron chi connectivity index (χ0n) is 19.1. The van der Waals surface area contributed by atoms with Crippen LogP contribution in [0, 0.1) is 6.92 Å². The van der Waals surface area contributed by atoms with Gasteiger partial charge in [0.05, 0.1) is 25.5 Å². The Labute approximate surface area is 193 Å². The van der Waals surface area contributed by atoms with Crippen molar-refractivity contribution in [1.29, 1.82) is 0 Å². The van der Waals surface area contributed by atoms with Gasteiger partial charge in [-0.05, 0) is 34.9 Å². The first-order chi connectivity index (χ1) is 16.1. The molecule has 0 bridgehead atoms. The number of amides is 1. The van der Waals surface area contributed by atoms with E-state index in [4.69, 9.17) is 14.5 Å². The number of nitrogens with zero attached hydrogens (tertiary/aromatic N) is 4. The van der Waals surface area contributed by atoms with Gasteiger partial charge < -0.3 is 19.3 Å². The van der Waals surface area contributed by atoms with Crippen molar-refractivity contribution in [2.75, 3.05) is 38.2 Å². The molecule has 1 saturated heterocycles. The highest BCUT2D eigenvalue weighted by atomic mass is 16.5. The number of carbonyl (C=O) groups excluding carboxylic acids is 1. The van der Waals surface area contributed by atoms with Gasteiger partial charge in [0.15, 0.2) is 0 Å². The van der Waals surface area contributed by atoms with Crippen LogP contribution in [0.25, 0.3) is 10.8 Å². The zero-order chi connectivity index (χ0) is 22.9. The molecule has 0 aliphatic carbocycles. The first-order valence-electron chi connectivity index (χ1n) is 11.3. The van der Waals surface area contributed by atoms with Crippen LogP contribution in [0.1, 0.15) is 28.5 Å². The molecule has 1 atom stereocenters. The zero-order valence-corrected chi connectivity index (χ0v) is 19.1. The molecule has 1 amide bonds. The fourth-order valence-electron chi connectivity index (χ4n) is 4.88. The number of hydrogen-bond donors (Lipinski definition) is 0. The van der Waals surface area contributed by atoms with Crippen molar-refractivity contribution in [3.63, 3.8) is 0 Å². The molecule has 1 fully saturated rings. The Morgan fingerprint density at radius 3 is 2.64 bits per heavy atom. The second-order valence-corrected chi connectivity index (χ2v) is 8.50. The van der Waals surface area contributed by atoms with E-state index in [2.05, 4.69) is 59.8 Å². The molecule has 0 spiro atoms. The first kappa shape index (κ1) is 21.4. The van der Waals surface area contributed by atoms with Gasteiger partial charge in [0.25, 0.3) is 0 Å². The number of fused-ring (bicyclic) bond motifs is 2. The molecule has 2 aliphatic heterocycles. The maximum absolute atomic E-state index is 12.0. The SMILES string of the molecule is C=CC(=O)N1CCN(c2nc(OC)nc3c2COC(c2cccc4cccc(C)c24)C3)CC1. The maximum Gasteiger partial charge on any atom is 0.318 e. The third-order valence-electron chi connectivity index (χ3n) is 6.60. The predicted molar refractivity (Wildman–Crippen MR) is 127 cm³/mol. The van der Waals surface area contributed by atoms with Crippen LogP contribution >= 0.6 is 0 Å². The second kappa shape index (κ2) is 8.83. The third-order valence-corrected chi connectivity index (χ3v) is 6.60. The minimum Gasteiger partial charge on any atom is -0.467 e. The standard InChI is InChI=1S/C26H28N4O3/c1-4-23(31)29-11-13-30(14-12-29)25-20-16-33-22(15-21(20)27-26(28-25)32-3)19-10-6-9-18-8-5-7-17(2)24(18)19/h4-10,22H,1,11-16H2,2-3H3. The third kappa shape index (κ3) is 3.93. The van der Waals surface area contributed by atoms with Gasteiger partial charge >= 0.3 is 6.01 Å². The number of benzene rings is 2. The Morgan fingerprint density at radius 1 is 1.15 bits per heavy atom. The quantitative estimate of drug-likeness (QED) is 0.573. The number of anilines is 1. The van der Waals surface area contributed by atoms with Crippen LogP contribution in [0.5, 0.6) is 6.01 Å². The summed E-state index contributed by atoms with van der Waals surface area (Å²) in [5.74, 6) is 0.809. The average Bonchev–Trinajstić information content (AvgIpc) is 2.87. The molecule has 0 saturated carbocycles. The lowest BCUT2D eigenvalue weighted by atomic mass is 9.92. The normalized spacial score (nSPS) is 18.2. The van der Waals surface area contributed by atoms with Gasteiger partial charge in [-0.1, -0.05) is 43.0 Å². The molecule has 7 heteroatoms. The second-order valence-electron chi connectivity index (χ2n) is 8.50. The van der Waals surface area contributed by atoms with Crippen molar-refractivity contribution in [2.45, 2.75) is 26.1 Å². The number of ether oxygens (including phenoxy) is 2. The molecular weight excluding hydrogens is 416 g/mol. The molecule has 33 heavy (non-hydrogen) atoms. The Balaban J connectivity index is 1.46. The number of rotatable bonds is 4. The predicted octanol–water partition coefficient (Wildman–Crippen LogP) is 3.60. The molecule has 7 nitrogen and oxygen atoms in total. The van der Waals surface area contributed by atoms with Gasteiger partial charge in [-0.3, -0.25) is 4.79 Å². The summed E-state index contributed by atoms with van der Waals surface area (Å²) in [5.41, 5.74) is 4.40. The summed E-state index contributed by atoms with van der Waals surface area (Å²) < 4.78 is 11.9. The van der Waals surface area contributed by atoms with Gasteiger partial charge in [0, 0.05) is 38.2 Å². The number of aromatic nitrogens is 2. The highest BCUT2D eigenvalue weighted by molar-refractivity contribution is 5.89. The molecule has 5 rings (SSSR count). The van der Waals surface area contributed by atoms with Crippen LogP contribution in [0.2, 0.25) is 0 Å². The van der Waals surface area contributed by atoms with Gasteiger partial charge in [0.2, 0.25) is 5.91 Å². The van der Waals surface area contributed by atoms with E-state index in [0.29, 0.717) is 45.2 Å². The van der Waals surface area contributed by atoms with Crippen molar-refractivity contribution in [2.24, 2.45) is 0 Å². The first-order valence-corrected chi connectivity index (χ1v) is 11.3. The number of aryl methyl sites for hydroxylation is 1. The van der Waals surface area contributed by atoms with E-state index >= 15 is 0 Å². The van der Waals surface area contributed by atoms with Gasteiger partial charge in [0.1, 0.15) is 5.82 Å². The van der Waals surface area contributed by atoms with Crippen LogP contribution < -0.4 is 9.64 Å². The van der Waals surface area contributed by atoms with Crippen LogP contribution in [0.3, 0.4) is 0 Å². The van der Waals surface area contributed by atoms with Gasteiger partial charge in [-0.25, -0.2) is 0 Å². The minimum absolute atomic E-state index is 0.0338. The fraction of sp³-hybridized carbons (Fsp3) is 0.346.